The van der Waals surface area contributed by atoms with Crippen LogP contribution in [0.3, 0.4) is 0 Å². The van der Waals surface area contributed by atoms with Gasteiger partial charge in [0.25, 0.3) is 0 Å². The normalized spacial score (nSPS) is 12.3. The fraction of sp³-hybridized carbons (Fsp3) is 0.214. The molecule has 1 amide bonds. The van der Waals surface area contributed by atoms with Crippen molar-refractivity contribution < 1.29 is 9.32 Å². The van der Waals surface area contributed by atoms with Gasteiger partial charge in [-0.05, 0) is 31.5 Å². The average molecular weight is 322 g/mol. The molecule has 0 radical (unpaired) electrons. The number of amides is 1. The molecule has 3 rings (SSSR count). The standard InChI is InChI=1S/C14H12ClN3O2S/c1-7-6-10(17-20-7)13(19)16-14-18(3)12-8(2)9(15)4-5-11(12)21-14/h4-6H,1-3H3. The molecule has 21 heavy (non-hydrogen) atoms. The van der Waals surface area contributed by atoms with E-state index in [-0.39, 0.29) is 5.69 Å². The van der Waals surface area contributed by atoms with Gasteiger partial charge in [-0.25, -0.2) is 0 Å². The van der Waals surface area contributed by atoms with Crippen LogP contribution in [-0.2, 0) is 7.05 Å². The Morgan fingerprint density at radius 1 is 1.43 bits per heavy atom. The van der Waals surface area contributed by atoms with Crippen molar-refractivity contribution >= 4 is 39.1 Å². The summed E-state index contributed by atoms with van der Waals surface area (Å²) in [6, 6.07) is 5.35. The van der Waals surface area contributed by atoms with E-state index < -0.39 is 5.91 Å². The second kappa shape index (κ2) is 5.13. The molecule has 5 nitrogen and oxygen atoms in total. The number of rotatable bonds is 1. The van der Waals surface area contributed by atoms with E-state index in [4.69, 9.17) is 16.1 Å². The highest BCUT2D eigenvalue weighted by Gasteiger charge is 2.12. The maximum absolute atomic E-state index is 12.1. The lowest BCUT2D eigenvalue weighted by Crippen LogP contribution is -2.13. The molecule has 7 heteroatoms. The predicted octanol–water partition coefficient (Wildman–Crippen LogP) is 3.24. The second-order valence-corrected chi connectivity index (χ2v) is 6.12. The Hall–Kier alpha value is -1.92. The van der Waals surface area contributed by atoms with Crippen molar-refractivity contribution in [2.45, 2.75) is 13.8 Å². The molecular weight excluding hydrogens is 310 g/mol. The zero-order chi connectivity index (χ0) is 15.1. The molecular formula is C14H12ClN3O2S. The van der Waals surface area contributed by atoms with Crippen LogP contribution in [0.15, 0.2) is 27.7 Å². The summed E-state index contributed by atoms with van der Waals surface area (Å²) in [5.41, 5.74) is 2.16. The van der Waals surface area contributed by atoms with Gasteiger partial charge in [0, 0.05) is 18.1 Å². The smallest absolute Gasteiger partial charge is 0.301 e. The van der Waals surface area contributed by atoms with E-state index in [0.29, 0.717) is 15.6 Å². The quantitative estimate of drug-likeness (QED) is 0.691. The van der Waals surface area contributed by atoms with Gasteiger partial charge in [-0.15, -0.1) is 0 Å². The van der Waals surface area contributed by atoms with Crippen LogP contribution in [0.2, 0.25) is 5.02 Å². The van der Waals surface area contributed by atoms with Crippen LogP contribution in [0.5, 0.6) is 0 Å². The van der Waals surface area contributed by atoms with E-state index in [1.54, 1.807) is 13.0 Å². The van der Waals surface area contributed by atoms with Gasteiger partial charge in [0.2, 0.25) is 0 Å². The van der Waals surface area contributed by atoms with E-state index >= 15 is 0 Å². The Morgan fingerprint density at radius 3 is 2.86 bits per heavy atom. The number of halogens is 1. The molecule has 0 aliphatic rings. The molecule has 0 saturated carbocycles. The number of aromatic nitrogens is 2. The Morgan fingerprint density at radius 2 is 2.19 bits per heavy atom. The van der Waals surface area contributed by atoms with Crippen molar-refractivity contribution in [1.82, 2.24) is 9.72 Å². The summed E-state index contributed by atoms with van der Waals surface area (Å²) in [6.45, 7) is 3.68. The summed E-state index contributed by atoms with van der Waals surface area (Å²) in [5, 5.41) is 4.38. The van der Waals surface area contributed by atoms with Crippen LogP contribution in [0.25, 0.3) is 10.2 Å². The van der Waals surface area contributed by atoms with E-state index in [2.05, 4.69) is 10.1 Å². The third kappa shape index (κ3) is 2.41. The average Bonchev–Trinajstić information content (AvgIpc) is 3.00. The number of aryl methyl sites for hydroxylation is 3. The van der Waals surface area contributed by atoms with Gasteiger partial charge in [-0.2, -0.15) is 4.99 Å². The number of fused-ring (bicyclic) bond motifs is 1. The van der Waals surface area contributed by atoms with Crippen molar-refractivity contribution in [1.29, 1.82) is 0 Å². The Bertz CT molecular complexity index is 920. The molecule has 0 unspecified atom stereocenters. The number of thiazole rings is 1. The molecule has 2 aromatic heterocycles. The van der Waals surface area contributed by atoms with E-state index in [1.165, 1.54) is 11.3 Å². The van der Waals surface area contributed by atoms with Crippen LogP contribution in [0.4, 0.5) is 0 Å². The lowest BCUT2D eigenvalue weighted by molar-refractivity contribution is 0.0989. The summed E-state index contributed by atoms with van der Waals surface area (Å²) in [6.07, 6.45) is 0. The number of hydrogen-bond acceptors (Lipinski definition) is 4. The largest absolute Gasteiger partial charge is 0.361 e. The topological polar surface area (TPSA) is 60.4 Å². The van der Waals surface area contributed by atoms with E-state index in [9.17, 15) is 4.79 Å². The fourth-order valence-corrected chi connectivity index (χ4v) is 3.35. The molecule has 3 aromatic rings. The minimum Gasteiger partial charge on any atom is -0.361 e. The first-order valence-corrected chi connectivity index (χ1v) is 7.44. The van der Waals surface area contributed by atoms with Crippen LogP contribution < -0.4 is 4.80 Å². The first-order chi connectivity index (χ1) is 9.97. The lowest BCUT2D eigenvalue weighted by atomic mass is 10.2. The summed E-state index contributed by atoms with van der Waals surface area (Å²) < 4.78 is 7.79. The zero-order valence-corrected chi connectivity index (χ0v) is 13.2. The van der Waals surface area contributed by atoms with Crippen molar-refractivity contribution in [2.75, 3.05) is 0 Å². The molecule has 2 heterocycles. The van der Waals surface area contributed by atoms with Crippen molar-refractivity contribution in [3.63, 3.8) is 0 Å². The predicted molar refractivity (Wildman–Crippen MR) is 81.7 cm³/mol. The van der Waals surface area contributed by atoms with Gasteiger partial charge in [0.15, 0.2) is 10.5 Å². The minimum atomic E-state index is -0.419. The van der Waals surface area contributed by atoms with Gasteiger partial charge < -0.3 is 9.09 Å². The highest BCUT2D eigenvalue weighted by Crippen LogP contribution is 2.26. The number of hydrogen-bond donors (Lipinski definition) is 0. The molecule has 0 aliphatic carbocycles. The fourth-order valence-electron chi connectivity index (χ4n) is 2.12. The molecule has 0 bridgehead atoms. The third-order valence-corrected chi connectivity index (χ3v) is 4.70. The van der Waals surface area contributed by atoms with Crippen LogP contribution in [0, 0.1) is 13.8 Å². The van der Waals surface area contributed by atoms with Crippen molar-refractivity contribution in [3.8, 4) is 0 Å². The molecule has 0 N–H and O–H groups in total. The molecule has 108 valence electrons. The summed E-state index contributed by atoms with van der Waals surface area (Å²) >= 11 is 7.58. The van der Waals surface area contributed by atoms with Gasteiger partial charge >= 0.3 is 5.91 Å². The lowest BCUT2D eigenvalue weighted by Gasteiger charge is -2.01. The van der Waals surface area contributed by atoms with E-state index in [1.807, 2.05) is 30.7 Å². The molecule has 0 fully saturated rings. The first kappa shape index (κ1) is 14.0. The SMILES string of the molecule is Cc1cc(C(=O)N=c2sc3ccc(Cl)c(C)c3n2C)no1. The van der Waals surface area contributed by atoms with Gasteiger partial charge in [0.1, 0.15) is 5.76 Å². The molecule has 1 aromatic carbocycles. The first-order valence-electron chi connectivity index (χ1n) is 6.24. The summed E-state index contributed by atoms with van der Waals surface area (Å²) in [7, 11) is 1.86. The van der Waals surface area contributed by atoms with Gasteiger partial charge in [-0.3, -0.25) is 4.79 Å². The van der Waals surface area contributed by atoms with Crippen LogP contribution >= 0.6 is 22.9 Å². The zero-order valence-electron chi connectivity index (χ0n) is 11.7. The molecule has 0 saturated heterocycles. The van der Waals surface area contributed by atoms with E-state index in [0.717, 1.165) is 15.8 Å². The molecule has 0 spiro atoms. The highest BCUT2D eigenvalue weighted by molar-refractivity contribution is 7.16. The summed E-state index contributed by atoms with van der Waals surface area (Å²) in [5.74, 6) is 0.162. The highest BCUT2D eigenvalue weighted by atomic mass is 35.5. The third-order valence-electron chi connectivity index (χ3n) is 3.20. The van der Waals surface area contributed by atoms with Gasteiger partial charge in [-0.1, -0.05) is 28.1 Å². The second-order valence-electron chi connectivity index (χ2n) is 4.70. The van der Waals surface area contributed by atoms with Crippen molar-refractivity contribution in [2.24, 2.45) is 12.0 Å². The monoisotopic (exact) mass is 321 g/mol. The Kier molecular flexibility index (Phi) is 3.43. The Balaban J connectivity index is 2.17. The number of benzene rings is 1. The molecule has 0 atom stereocenters. The van der Waals surface area contributed by atoms with Crippen LogP contribution in [-0.4, -0.2) is 15.6 Å². The minimum absolute atomic E-state index is 0.208. The van der Waals surface area contributed by atoms with Crippen molar-refractivity contribution in [3.05, 3.63) is 45.0 Å². The Labute approximate surface area is 129 Å². The summed E-state index contributed by atoms with van der Waals surface area (Å²) in [4.78, 5) is 16.8. The maximum atomic E-state index is 12.1. The number of nitrogens with zero attached hydrogens (tertiary/aromatic N) is 3. The number of carbonyl (C=O) groups excluding carboxylic acids is 1. The van der Waals surface area contributed by atoms with Gasteiger partial charge in [0.05, 0.1) is 10.2 Å². The van der Waals surface area contributed by atoms with Crippen LogP contribution in [0.1, 0.15) is 21.8 Å². The maximum Gasteiger partial charge on any atom is 0.301 e. The number of carbonyl (C=O) groups is 1. The molecule has 0 aliphatic heterocycles.